The predicted molar refractivity (Wildman–Crippen MR) is 131 cm³/mol. The van der Waals surface area contributed by atoms with Crippen molar-refractivity contribution in [2.75, 3.05) is 32.5 Å². The fourth-order valence-electron chi connectivity index (χ4n) is 3.86. The van der Waals surface area contributed by atoms with Crippen molar-refractivity contribution < 1.29 is 13.9 Å². The van der Waals surface area contributed by atoms with Crippen LogP contribution < -0.4 is 5.32 Å². The summed E-state index contributed by atoms with van der Waals surface area (Å²) in [5, 5.41) is 2.85. The zero-order valence-electron chi connectivity index (χ0n) is 18.6. The molecule has 1 aromatic heterocycles. The van der Waals surface area contributed by atoms with Crippen LogP contribution in [-0.2, 0) is 0 Å². The molecule has 2 heterocycles. The molecule has 2 amide bonds. The molecule has 1 atom stereocenters. The van der Waals surface area contributed by atoms with E-state index in [-0.39, 0.29) is 21.8 Å². The Hall–Kier alpha value is -3.58. The van der Waals surface area contributed by atoms with Crippen LogP contribution in [-0.4, -0.2) is 64.8 Å². The molecule has 0 spiro atoms. The molecule has 1 fully saturated rings. The lowest BCUT2D eigenvalue weighted by atomic mass is 10.1. The molecule has 170 valence electrons. The topological polar surface area (TPSA) is 78.4 Å². The second-order valence-electron chi connectivity index (χ2n) is 8.25. The first kappa shape index (κ1) is 21.6. The standard InChI is InChI=1S/C25H27N5O2.3H2/c1-17-23(24(31)27-20-10-5-4-6-11-20)28-22(15-26-17)18-8-7-9-19(14-18)25(32)30-13-12-21(16-30)29(2)3;;;/h4-11,14-15,21H,12-13,16H2,1-3H3,(H,27,31);3*1H/t21-;;;/m1.../s1. The lowest BCUT2D eigenvalue weighted by molar-refractivity contribution is 0.0783. The van der Waals surface area contributed by atoms with Crippen molar-refractivity contribution in [1.82, 2.24) is 19.8 Å². The molecule has 0 aliphatic carbocycles. The maximum absolute atomic E-state index is 13.0. The van der Waals surface area contributed by atoms with Gasteiger partial charge in [-0.1, -0.05) is 30.3 Å². The number of hydrogen-bond donors (Lipinski definition) is 1. The minimum Gasteiger partial charge on any atom is -0.337 e. The summed E-state index contributed by atoms with van der Waals surface area (Å²) < 4.78 is 0. The molecule has 0 unspecified atom stereocenters. The first-order chi connectivity index (χ1) is 15.4. The van der Waals surface area contributed by atoms with Gasteiger partial charge in [0.05, 0.1) is 17.6 Å². The number of para-hydroxylation sites is 1. The van der Waals surface area contributed by atoms with Crippen molar-refractivity contribution in [3.05, 3.63) is 77.7 Å². The molecule has 1 aliphatic rings. The van der Waals surface area contributed by atoms with Crippen LogP contribution in [0.25, 0.3) is 11.3 Å². The highest BCUT2D eigenvalue weighted by molar-refractivity contribution is 6.03. The van der Waals surface area contributed by atoms with E-state index in [1.54, 1.807) is 13.1 Å². The normalized spacial score (nSPS) is 15.8. The number of carbonyl (C=O) groups is 2. The summed E-state index contributed by atoms with van der Waals surface area (Å²) >= 11 is 0. The fraction of sp³-hybridized carbons (Fsp3) is 0.280. The van der Waals surface area contributed by atoms with Gasteiger partial charge in [0, 0.05) is 40.2 Å². The number of carbonyl (C=O) groups excluding carboxylic acids is 2. The summed E-state index contributed by atoms with van der Waals surface area (Å²) in [5.74, 6) is -0.305. The molecule has 7 nitrogen and oxygen atoms in total. The maximum atomic E-state index is 13.0. The molecule has 0 radical (unpaired) electrons. The Balaban J connectivity index is 0.00000204. The van der Waals surface area contributed by atoms with Gasteiger partial charge in [0.15, 0.2) is 0 Å². The molecule has 1 aliphatic heterocycles. The fourth-order valence-corrected chi connectivity index (χ4v) is 3.86. The van der Waals surface area contributed by atoms with Crippen molar-refractivity contribution in [3.63, 3.8) is 0 Å². The number of aryl methyl sites for hydroxylation is 1. The van der Waals surface area contributed by atoms with Gasteiger partial charge in [0.25, 0.3) is 11.8 Å². The average Bonchev–Trinajstić information content (AvgIpc) is 3.30. The summed E-state index contributed by atoms with van der Waals surface area (Å²) in [7, 11) is 4.09. The Morgan fingerprint density at radius 1 is 1.12 bits per heavy atom. The number of nitrogens with one attached hydrogen (secondary N) is 1. The van der Waals surface area contributed by atoms with Crippen molar-refractivity contribution in [3.8, 4) is 11.3 Å². The van der Waals surface area contributed by atoms with Gasteiger partial charge in [0.1, 0.15) is 5.69 Å². The second-order valence-corrected chi connectivity index (χ2v) is 8.25. The molecular weight excluding hydrogens is 402 g/mol. The van der Waals surface area contributed by atoms with Crippen LogP contribution in [0.4, 0.5) is 5.69 Å². The van der Waals surface area contributed by atoms with Crippen LogP contribution in [0.15, 0.2) is 60.8 Å². The average molecular weight is 436 g/mol. The molecule has 4 rings (SSSR count). The van der Waals surface area contributed by atoms with Crippen molar-refractivity contribution >= 4 is 17.5 Å². The zero-order chi connectivity index (χ0) is 22.7. The van der Waals surface area contributed by atoms with Crippen molar-refractivity contribution in [1.29, 1.82) is 0 Å². The maximum Gasteiger partial charge on any atom is 0.276 e. The third-order valence-electron chi connectivity index (χ3n) is 5.79. The van der Waals surface area contributed by atoms with Gasteiger partial charge < -0.3 is 15.1 Å². The Morgan fingerprint density at radius 2 is 1.91 bits per heavy atom. The molecule has 1 saturated heterocycles. The Kier molecular flexibility index (Phi) is 6.28. The molecule has 0 saturated carbocycles. The van der Waals surface area contributed by atoms with Crippen LogP contribution in [0.3, 0.4) is 0 Å². The van der Waals surface area contributed by atoms with E-state index in [2.05, 4.69) is 20.2 Å². The third-order valence-corrected chi connectivity index (χ3v) is 5.79. The highest BCUT2D eigenvalue weighted by atomic mass is 16.2. The quantitative estimate of drug-likeness (QED) is 0.649. The van der Waals surface area contributed by atoms with E-state index in [0.717, 1.165) is 25.1 Å². The first-order valence-electron chi connectivity index (χ1n) is 10.7. The Labute approximate surface area is 192 Å². The van der Waals surface area contributed by atoms with E-state index >= 15 is 0 Å². The minimum absolute atomic E-state index is 0. The van der Waals surface area contributed by atoms with Crippen LogP contribution in [0.5, 0.6) is 0 Å². The van der Waals surface area contributed by atoms with Gasteiger partial charge in [-0.3, -0.25) is 14.6 Å². The molecule has 7 heteroatoms. The first-order valence-corrected chi connectivity index (χ1v) is 10.7. The van der Waals surface area contributed by atoms with Gasteiger partial charge in [-0.15, -0.1) is 0 Å². The predicted octanol–water partition coefficient (Wildman–Crippen LogP) is 4.22. The van der Waals surface area contributed by atoms with Gasteiger partial charge in [-0.25, -0.2) is 4.98 Å². The van der Waals surface area contributed by atoms with E-state index < -0.39 is 0 Å². The number of anilines is 1. The molecule has 32 heavy (non-hydrogen) atoms. The van der Waals surface area contributed by atoms with Crippen LogP contribution in [0, 0.1) is 6.92 Å². The van der Waals surface area contributed by atoms with Crippen LogP contribution in [0.2, 0.25) is 0 Å². The number of likely N-dealkylation sites (tertiary alicyclic amines) is 1. The number of benzene rings is 2. The molecule has 2 aromatic carbocycles. The van der Waals surface area contributed by atoms with E-state index in [0.29, 0.717) is 28.7 Å². The summed E-state index contributed by atoms with van der Waals surface area (Å²) in [6.45, 7) is 3.23. The SMILES string of the molecule is Cc1ncc(-c2cccc(C(=O)N3CC[C@@H](N(C)C)C3)c2)nc1C(=O)Nc1ccccc1.[HH].[HH].[HH]. The van der Waals surface area contributed by atoms with Gasteiger partial charge >= 0.3 is 0 Å². The number of nitrogens with zero attached hydrogens (tertiary/aromatic N) is 4. The highest BCUT2D eigenvalue weighted by Crippen LogP contribution is 2.22. The summed E-state index contributed by atoms with van der Waals surface area (Å²) in [6, 6.07) is 17.0. The summed E-state index contributed by atoms with van der Waals surface area (Å²) in [4.78, 5) is 38.8. The van der Waals surface area contributed by atoms with Crippen LogP contribution >= 0.6 is 0 Å². The molecule has 0 bridgehead atoms. The third kappa shape index (κ3) is 4.68. The highest BCUT2D eigenvalue weighted by Gasteiger charge is 2.28. The molecular formula is C25H33N5O2. The van der Waals surface area contributed by atoms with Gasteiger partial charge in [0.2, 0.25) is 0 Å². The lowest BCUT2D eigenvalue weighted by Gasteiger charge is -2.20. The molecule has 3 aromatic rings. The number of hydrogen-bond acceptors (Lipinski definition) is 5. The van der Waals surface area contributed by atoms with Crippen molar-refractivity contribution in [2.24, 2.45) is 0 Å². The van der Waals surface area contributed by atoms with E-state index in [1.165, 1.54) is 0 Å². The second kappa shape index (κ2) is 9.28. The Bertz CT molecular complexity index is 1140. The summed E-state index contributed by atoms with van der Waals surface area (Å²) in [6.07, 6.45) is 2.61. The zero-order valence-corrected chi connectivity index (χ0v) is 18.6. The minimum atomic E-state index is -0.318. The van der Waals surface area contributed by atoms with E-state index in [1.807, 2.05) is 73.6 Å². The lowest BCUT2D eigenvalue weighted by Crippen LogP contribution is -2.34. The van der Waals surface area contributed by atoms with Gasteiger partial charge in [-0.05, 0) is 51.7 Å². The van der Waals surface area contributed by atoms with Crippen molar-refractivity contribution in [2.45, 2.75) is 19.4 Å². The smallest absolute Gasteiger partial charge is 0.276 e. The monoisotopic (exact) mass is 435 g/mol. The summed E-state index contributed by atoms with van der Waals surface area (Å²) in [5.41, 5.74) is 3.41. The largest absolute Gasteiger partial charge is 0.337 e. The number of aromatic nitrogens is 2. The van der Waals surface area contributed by atoms with Gasteiger partial charge in [-0.2, -0.15) is 0 Å². The number of amides is 2. The van der Waals surface area contributed by atoms with Crippen LogP contribution in [0.1, 0.15) is 37.2 Å². The van der Waals surface area contributed by atoms with E-state index in [9.17, 15) is 9.59 Å². The number of likely N-dealkylation sites (N-methyl/N-ethyl adjacent to an activating group) is 1. The number of rotatable bonds is 5. The molecule has 1 N–H and O–H groups in total. The van der Waals surface area contributed by atoms with E-state index in [4.69, 9.17) is 0 Å². The Morgan fingerprint density at radius 3 is 2.62 bits per heavy atom.